The van der Waals surface area contributed by atoms with Crippen molar-refractivity contribution in [3.05, 3.63) is 0 Å². The summed E-state index contributed by atoms with van der Waals surface area (Å²) in [6, 6.07) is -0.514. The molecule has 0 amide bonds. The second-order valence-electron chi connectivity index (χ2n) is 3.67. The van der Waals surface area contributed by atoms with Crippen molar-refractivity contribution in [2.24, 2.45) is 11.7 Å². The van der Waals surface area contributed by atoms with Gasteiger partial charge in [-0.2, -0.15) is 0 Å². The van der Waals surface area contributed by atoms with Crippen molar-refractivity contribution in [1.29, 1.82) is 0 Å². The summed E-state index contributed by atoms with van der Waals surface area (Å²) < 4.78 is 5.06. The van der Waals surface area contributed by atoms with Crippen molar-refractivity contribution in [2.75, 3.05) is 0 Å². The summed E-state index contributed by atoms with van der Waals surface area (Å²) in [5.41, 5.74) is 5.34. The van der Waals surface area contributed by atoms with Crippen LogP contribution in [0.5, 0.6) is 0 Å². The molecule has 2 N–H and O–H groups in total. The first-order valence-corrected chi connectivity index (χ1v) is 4.39. The van der Waals surface area contributed by atoms with Crippen LogP contribution in [0.15, 0.2) is 0 Å². The molecule has 0 radical (unpaired) electrons. The Morgan fingerprint density at radius 2 is 1.83 bits per heavy atom. The Morgan fingerprint density at radius 3 is 2.17 bits per heavy atom. The molecule has 0 bridgehead atoms. The molecule has 0 aliphatic rings. The fourth-order valence-electron chi connectivity index (χ4n) is 1.02. The number of carbonyl (C=O) groups excluding carboxylic acids is 1. The van der Waals surface area contributed by atoms with Crippen LogP contribution in [0.1, 0.15) is 34.1 Å². The Kier molecular flexibility index (Phi) is 4.90. The number of ether oxygens (including phenoxy) is 1. The van der Waals surface area contributed by atoms with Crippen molar-refractivity contribution in [1.82, 2.24) is 0 Å². The molecule has 0 aliphatic carbocycles. The van der Waals surface area contributed by atoms with Gasteiger partial charge in [-0.3, -0.25) is 4.79 Å². The minimum atomic E-state index is -0.514. The van der Waals surface area contributed by atoms with Gasteiger partial charge in [-0.15, -0.1) is 0 Å². The number of carbonyl (C=O) groups is 1. The fourth-order valence-corrected chi connectivity index (χ4v) is 1.02. The molecular weight excluding hydrogens is 154 g/mol. The van der Waals surface area contributed by atoms with E-state index in [0.29, 0.717) is 5.92 Å². The summed E-state index contributed by atoms with van der Waals surface area (Å²) in [7, 11) is 0. The lowest BCUT2D eigenvalue weighted by molar-refractivity contribution is -0.149. The van der Waals surface area contributed by atoms with Gasteiger partial charge in [0.2, 0.25) is 0 Å². The Bertz CT molecular complexity index is 143. The molecule has 0 fully saturated rings. The van der Waals surface area contributed by atoms with Gasteiger partial charge in [0.1, 0.15) is 6.04 Å². The van der Waals surface area contributed by atoms with Crippen molar-refractivity contribution in [3.63, 3.8) is 0 Å². The van der Waals surface area contributed by atoms with E-state index < -0.39 is 6.04 Å². The van der Waals surface area contributed by atoms with Gasteiger partial charge in [-0.25, -0.2) is 0 Å². The predicted octanol–water partition coefficient (Wildman–Crippen LogP) is 1.31. The highest BCUT2D eigenvalue weighted by atomic mass is 16.5. The zero-order valence-corrected chi connectivity index (χ0v) is 8.33. The van der Waals surface area contributed by atoms with E-state index in [1.165, 1.54) is 0 Å². The number of hydrogen-bond acceptors (Lipinski definition) is 3. The zero-order chi connectivity index (χ0) is 9.72. The van der Waals surface area contributed by atoms with Crippen LogP contribution in [0.3, 0.4) is 0 Å². The van der Waals surface area contributed by atoms with E-state index in [1.807, 2.05) is 6.92 Å². The first-order chi connectivity index (χ1) is 5.43. The standard InChI is InChI=1S/C9H19NO2/c1-6(2)5-7(3)12-9(11)8(4)10/h6-8H,5,10H2,1-4H3/t7-,8+/m1/s1. The molecule has 0 aromatic carbocycles. The molecule has 0 aromatic rings. The molecular formula is C9H19NO2. The Labute approximate surface area is 74.3 Å². The van der Waals surface area contributed by atoms with Crippen molar-refractivity contribution in [3.8, 4) is 0 Å². The van der Waals surface area contributed by atoms with E-state index in [9.17, 15) is 4.79 Å². The van der Waals surface area contributed by atoms with Crippen LogP contribution in [-0.4, -0.2) is 18.1 Å². The molecule has 3 nitrogen and oxygen atoms in total. The number of hydrogen-bond donors (Lipinski definition) is 1. The predicted molar refractivity (Wildman–Crippen MR) is 48.7 cm³/mol. The number of esters is 1. The second-order valence-corrected chi connectivity index (χ2v) is 3.67. The summed E-state index contributed by atoms with van der Waals surface area (Å²) in [5, 5.41) is 0. The van der Waals surface area contributed by atoms with E-state index in [1.54, 1.807) is 6.92 Å². The van der Waals surface area contributed by atoms with Crippen LogP contribution in [-0.2, 0) is 9.53 Å². The lowest BCUT2D eigenvalue weighted by Gasteiger charge is -2.16. The third-order valence-corrected chi connectivity index (χ3v) is 1.49. The van der Waals surface area contributed by atoms with Crippen LogP contribution in [0.2, 0.25) is 0 Å². The van der Waals surface area contributed by atoms with E-state index in [2.05, 4.69) is 13.8 Å². The summed E-state index contributed by atoms with van der Waals surface area (Å²) in [4.78, 5) is 11.0. The smallest absolute Gasteiger partial charge is 0.322 e. The number of rotatable bonds is 4. The molecule has 0 spiro atoms. The average Bonchev–Trinajstić information content (AvgIpc) is 1.84. The van der Waals surface area contributed by atoms with Gasteiger partial charge in [0, 0.05) is 0 Å². The summed E-state index contributed by atoms with van der Waals surface area (Å²) in [6.45, 7) is 7.71. The van der Waals surface area contributed by atoms with Gasteiger partial charge in [-0.05, 0) is 26.2 Å². The van der Waals surface area contributed by atoms with Crippen LogP contribution >= 0.6 is 0 Å². The zero-order valence-electron chi connectivity index (χ0n) is 8.33. The third-order valence-electron chi connectivity index (χ3n) is 1.49. The minimum absolute atomic E-state index is 0.0245. The van der Waals surface area contributed by atoms with E-state index in [0.717, 1.165) is 6.42 Å². The molecule has 0 aliphatic heterocycles. The average molecular weight is 173 g/mol. The fraction of sp³-hybridized carbons (Fsp3) is 0.889. The molecule has 72 valence electrons. The third kappa shape index (κ3) is 5.13. The lowest BCUT2D eigenvalue weighted by Crippen LogP contribution is -2.31. The lowest BCUT2D eigenvalue weighted by atomic mass is 10.1. The van der Waals surface area contributed by atoms with Crippen molar-refractivity contribution in [2.45, 2.75) is 46.3 Å². The Morgan fingerprint density at radius 1 is 1.33 bits per heavy atom. The van der Waals surface area contributed by atoms with Crippen LogP contribution in [0.25, 0.3) is 0 Å². The first-order valence-electron chi connectivity index (χ1n) is 4.39. The maximum atomic E-state index is 11.0. The van der Waals surface area contributed by atoms with E-state index in [-0.39, 0.29) is 12.1 Å². The molecule has 3 heteroatoms. The van der Waals surface area contributed by atoms with Gasteiger partial charge >= 0.3 is 5.97 Å². The quantitative estimate of drug-likeness (QED) is 0.652. The monoisotopic (exact) mass is 173 g/mol. The van der Waals surface area contributed by atoms with E-state index >= 15 is 0 Å². The molecule has 0 unspecified atom stereocenters. The van der Waals surface area contributed by atoms with Gasteiger partial charge < -0.3 is 10.5 Å². The summed E-state index contributed by atoms with van der Waals surface area (Å²) in [6.07, 6.45) is 0.863. The molecule has 0 heterocycles. The molecule has 2 atom stereocenters. The first kappa shape index (κ1) is 11.4. The highest BCUT2D eigenvalue weighted by molar-refractivity contribution is 5.75. The summed E-state index contributed by atoms with van der Waals surface area (Å²) >= 11 is 0. The molecule has 0 aromatic heterocycles. The largest absolute Gasteiger partial charge is 0.462 e. The Hall–Kier alpha value is -0.570. The molecule has 12 heavy (non-hydrogen) atoms. The normalized spacial score (nSPS) is 15.8. The molecule has 0 saturated heterocycles. The number of nitrogens with two attached hydrogens (primary N) is 1. The van der Waals surface area contributed by atoms with Crippen molar-refractivity contribution < 1.29 is 9.53 Å². The van der Waals surface area contributed by atoms with E-state index in [4.69, 9.17) is 10.5 Å². The topological polar surface area (TPSA) is 52.3 Å². The van der Waals surface area contributed by atoms with Gasteiger partial charge in [0.25, 0.3) is 0 Å². The highest BCUT2D eigenvalue weighted by Gasteiger charge is 2.13. The van der Waals surface area contributed by atoms with Gasteiger partial charge in [0.05, 0.1) is 6.10 Å². The van der Waals surface area contributed by atoms with Crippen LogP contribution < -0.4 is 5.73 Å². The highest BCUT2D eigenvalue weighted by Crippen LogP contribution is 2.07. The molecule has 0 rings (SSSR count). The minimum Gasteiger partial charge on any atom is -0.462 e. The maximum absolute atomic E-state index is 11.0. The van der Waals surface area contributed by atoms with Crippen LogP contribution in [0, 0.1) is 5.92 Å². The second kappa shape index (κ2) is 5.14. The Balaban J connectivity index is 3.69. The van der Waals surface area contributed by atoms with Gasteiger partial charge in [0.15, 0.2) is 0 Å². The molecule has 0 saturated carbocycles. The van der Waals surface area contributed by atoms with Crippen molar-refractivity contribution >= 4 is 5.97 Å². The SMILES string of the molecule is CC(C)C[C@@H](C)OC(=O)[C@H](C)N. The summed E-state index contributed by atoms with van der Waals surface area (Å²) in [5.74, 6) is 0.226. The van der Waals surface area contributed by atoms with Gasteiger partial charge in [-0.1, -0.05) is 13.8 Å². The van der Waals surface area contributed by atoms with Crippen LogP contribution in [0.4, 0.5) is 0 Å². The maximum Gasteiger partial charge on any atom is 0.322 e.